The number of nitrogens with zero attached hydrogens (tertiary/aromatic N) is 2. The van der Waals surface area contributed by atoms with E-state index in [1.54, 1.807) is 24.3 Å². The van der Waals surface area contributed by atoms with Gasteiger partial charge in [-0.25, -0.2) is 17.5 Å². The second-order valence-electron chi connectivity index (χ2n) is 5.61. The fourth-order valence-corrected chi connectivity index (χ4v) is 4.28. The van der Waals surface area contributed by atoms with Gasteiger partial charge in [0.25, 0.3) is 15.9 Å². The van der Waals surface area contributed by atoms with E-state index in [0.717, 1.165) is 16.9 Å². The SMILES string of the molecule is O=C(Nc1nnc(S(=O)(=O)NCCc2ccc(F)cc2)s1)c1ccc(Cl)cc1. The number of halogens is 2. The summed E-state index contributed by atoms with van der Waals surface area (Å²) < 4.78 is 39.6. The molecule has 1 aromatic heterocycles. The molecule has 0 saturated carbocycles. The minimum atomic E-state index is -3.87. The van der Waals surface area contributed by atoms with Gasteiger partial charge in [0.05, 0.1) is 0 Å². The molecule has 3 rings (SSSR count). The zero-order valence-corrected chi connectivity index (χ0v) is 16.6. The fourth-order valence-electron chi connectivity index (χ4n) is 2.18. The van der Waals surface area contributed by atoms with Crippen molar-refractivity contribution >= 4 is 44.0 Å². The van der Waals surface area contributed by atoms with Gasteiger partial charge in [0.15, 0.2) is 0 Å². The standard InChI is InChI=1S/C17H14ClFN4O3S2/c18-13-5-3-12(4-6-13)15(24)21-16-22-23-17(27-16)28(25,26)20-10-9-11-1-7-14(19)8-2-11/h1-8,20H,9-10H2,(H,21,22,24). The molecule has 2 N–H and O–H groups in total. The fraction of sp³-hybridized carbons (Fsp3) is 0.118. The lowest BCUT2D eigenvalue weighted by Gasteiger charge is -2.04. The number of aromatic nitrogens is 2. The molecule has 0 aliphatic heterocycles. The van der Waals surface area contributed by atoms with Crippen molar-refractivity contribution in [1.82, 2.24) is 14.9 Å². The average molecular weight is 441 g/mol. The number of hydrogen-bond donors (Lipinski definition) is 2. The average Bonchev–Trinajstić information content (AvgIpc) is 3.13. The summed E-state index contributed by atoms with van der Waals surface area (Å²) in [5.74, 6) is -0.813. The van der Waals surface area contributed by atoms with Crippen LogP contribution in [0.3, 0.4) is 0 Å². The van der Waals surface area contributed by atoms with Gasteiger partial charge >= 0.3 is 0 Å². The molecule has 28 heavy (non-hydrogen) atoms. The predicted molar refractivity (Wildman–Crippen MR) is 105 cm³/mol. The van der Waals surface area contributed by atoms with Crippen LogP contribution in [0.2, 0.25) is 5.02 Å². The molecule has 0 unspecified atom stereocenters. The first-order valence-corrected chi connectivity index (χ1v) is 10.7. The minimum Gasteiger partial charge on any atom is -0.296 e. The second kappa shape index (κ2) is 8.74. The van der Waals surface area contributed by atoms with Gasteiger partial charge in [0.2, 0.25) is 9.47 Å². The van der Waals surface area contributed by atoms with Crippen molar-refractivity contribution in [3.8, 4) is 0 Å². The Kier molecular flexibility index (Phi) is 6.35. The molecule has 0 aliphatic carbocycles. The summed E-state index contributed by atoms with van der Waals surface area (Å²) in [6.45, 7) is 0.111. The Bertz CT molecular complexity index is 1070. The number of anilines is 1. The Hall–Kier alpha value is -2.40. The van der Waals surface area contributed by atoms with Crippen molar-refractivity contribution < 1.29 is 17.6 Å². The third-order valence-electron chi connectivity index (χ3n) is 3.58. The number of carbonyl (C=O) groups excluding carboxylic acids is 1. The van der Waals surface area contributed by atoms with E-state index in [4.69, 9.17) is 11.6 Å². The lowest BCUT2D eigenvalue weighted by molar-refractivity contribution is 0.102. The molecular formula is C17H14ClFN4O3S2. The number of amides is 1. The molecule has 0 spiro atoms. The van der Waals surface area contributed by atoms with Gasteiger partial charge in [-0.2, -0.15) is 0 Å². The van der Waals surface area contributed by atoms with E-state index < -0.39 is 15.9 Å². The molecule has 0 atom stereocenters. The molecule has 11 heteroatoms. The maximum absolute atomic E-state index is 12.9. The molecule has 1 amide bonds. The molecule has 0 saturated heterocycles. The van der Waals surface area contributed by atoms with Crippen LogP contribution < -0.4 is 10.0 Å². The molecule has 1 heterocycles. The van der Waals surface area contributed by atoms with Crippen molar-refractivity contribution in [2.45, 2.75) is 10.8 Å². The summed E-state index contributed by atoms with van der Waals surface area (Å²) >= 11 is 6.51. The zero-order valence-electron chi connectivity index (χ0n) is 14.2. The number of nitrogens with one attached hydrogen (secondary N) is 2. The molecule has 0 radical (unpaired) electrons. The lowest BCUT2D eigenvalue weighted by atomic mass is 10.1. The summed E-state index contributed by atoms with van der Waals surface area (Å²) in [7, 11) is -3.87. The van der Waals surface area contributed by atoms with Crippen molar-refractivity contribution in [3.05, 3.63) is 70.5 Å². The van der Waals surface area contributed by atoms with E-state index in [1.165, 1.54) is 24.3 Å². The monoisotopic (exact) mass is 440 g/mol. The van der Waals surface area contributed by atoms with Crippen molar-refractivity contribution in [1.29, 1.82) is 0 Å². The van der Waals surface area contributed by atoms with E-state index in [-0.39, 0.29) is 21.8 Å². The first-order chi connectivity index (χ1) is 13.3. The third kappa shape index (κ3) is 5.32. The lowest BCUT2D eigenvalue weighted by Crippen LogP contribution is -2.25. The Labute approximate surface area is 169 Å². The number of benzene rings is 2. The highest BCUT2D eigenvalue weighted by atomic mass is 35.5. The number of rotatable bonds is 7. The molecule has 146 valence electrons. The van der Waals surface area contributed by atoms with E-state index in [1.807, 2.05) is 0 Å². The molecule has 3 aromatic rings. The Morgan fingerprint density at radius 2 is 1.75 bits per heavy atom. The highest BCUT2D eigenvalue weighted by Crippen LogP contribution is 2.20. The topological polar surface area (TPSA) is 101 Å². The first-order valence-electron chi connectivity index (χ1n) is 7.98. The molecule has 2 aromatic carbocycles. The normalized spacial score (nSPS) is 11.4. The molecule has 0 bridgehead atoms. The quantitative estimate of drug-likeness (QED) is 0.550. The number of carbonyl (C=O) groups is 1. The second-order valence-corrected chi connectivity index (χ2v) is 8.96. The van der Waals surface area contributed by atoms with Crippen LogP contribution in [-0.2, 0) is 16.4 Å². The molecule has 0 fully saturated rings. The van der Waals surface area contributed by atoms with E-state index >= 15 is 0 Å². The van der Waals surface area contributed by atoms with Crippen LogP contribution in [0.15, 0.2) is 52.9 Å². The minimum absolute atomic E-state index is 0.0545. The smallest absolute Gasteiger partial charge is 0.269 e. The summed E-state index contributed by atoms with van der Waals surface area (Å²) in [6.07, 6.45) is 0.387. The van der Waals surface area contributed by atoms with Crippen LogP contribution in [-0.4, -0.2) is 31.1 Å². The van der Waals surface area contributed by atoms with Crippen LogP contribution >= 0.6 is 22.9 Å². The Morgan fingerprint density at radius 3 is 2.43 bits per heavy atom. The zero-order chi connectivity index (χ0) is 20.1. The Morgan fingerprint density at radius 1 is 1.07 bits per heavy atom. The Balaban J connectivity index is 1.59. The highest BCUT2D eigenvalue weighted by molar-refractivity contribution is 7.91. The number of hydrogen-bond acceptors (Lipinski definition) is 6. The van der Waals surface area contributed by atoms with Crippen LogP contribution in [0.1, 0.15) is 15.9 Å². The van der Waals surface area contributed by atoms with Crippen LogP contribution in [0.5, 0.6) is 0 Å². The van der Waals surface area contributed by atoms with Gasteiger partial charge in [0.1, 0.15) is 5.82 Å². The number of sulfonamides is 1. The third-order valence-corrected chi connectivity index (χ3v) is 6.50. The maximum atomic E-state index is 12.9. The van der Waals surface area contributed by atoms with Gasteiger partial charge in [0, 0.05) is 17.1 Å². The van der Waals surface area contributed by atoms with Crippen molar-refractivity contribution in [2.24, 2.45) is 0 Å². The van der Waals surface area contributed by atoms with E-state index in [9.17, 15) is 17.6 Å². The van der Waals surface area contributed by atoms with E-state index in [0.29, 0.717) is 17.0 Å². The molecular weight excluding hydrogens is 427 g/mol. The summed E-state index contributed by atoms with van der Waals surface area (Å²) in [4.78, 5) is 12.1. The maximum Gasteiger partial charge on any atom is 0.269 e. The van der Waals surface area contributed by atoms with Crippen molar-refractivity contribution in [3.63, 3.8) is 0 Å². The van der Waals surface area contributed by atoms with Crippen LogP contribution in [0, 0.1) is 5.82 Å². The first kappa shape index (κ1) is 20.3. The van der Waals surface area contributed by atoms with Crippen LogP contribution in [0.25, 0.3) is 0 Å². The van der Waals surface area contributed by atoms with Gasteiger partial charge < -0.3 is 0 Å². The summed E-state index contributed by atoms with van der Waals surface area (Å²) in [6, 6.07) is 12.0. The predicted octanol–water partition coefficient (Wildman–Crippen LogP) is 3.10. The van der Waals surface area contributed by atoms with Gasteiger partial charge in [-0.3, -0.25) is 10.1 Å². The largest absolute Gasteiger partial charge is 0.296 e. The molecule has 7 nitrogen and oxygen atoms in total. The van der Waals surface area contributed by atoms with E-state index in [2.05, 4.69) is 20.2 Å². The van der Waals surface area contributed by atoms with Crippen molar-refractivity contribution in [2.75, 3.05) is 11.9 Å². The summed E-state index contributed by atoms with van der Waals surface area (Å²) in [5.41, 5.74) is 1.14. The van der Waals surface area contributed by atoms with Gasteiger partial charge in [-0.05, 0) is 48.4 Å². The van der Waals surface area contributed by atoms with Crippen LogP contribution in [0.4, 0.5) is 9.52 Å². The van der Waals surface area contributed by atoms with Gasteiger partial charge in [-0.1, -0.05) is 35.1 Å². The highest BCUT2D eigenvalue weighted by Gasteiger charge is 2.20. The van der Waals surface area contributed by atoms with Gasteiger partial charge in [-0.15, -0.1) is 10.2 Å². The molecule has 0 aliphatic rings. The summed E-state index contributed by atoms with van der Waals surface area (Å²) in [5, 5.41) is 10.3.